The lowest BCUT2D eigenvalue weighted by Gasteiger charge is -2.42. The Labute approximate surface area is 134 Å². The van der Waals surface area contributed by atoms with E-state index in [4.69, 9.17) is 0 Å². The van der Waals surface area contributed by atoms with E-state index < -0.39 is 12.3 Å². The van der Waals surface area contributed by atoms with Crippen LogP contribution in [0.1, 0.15) is 71.6 Å². The minimum Gasteiger partial charge on any atom is -0.244 e. The molecule has 3 rings (SSSR count). The van der Waals surface area contributed by atoms with Gasteiger partial charge >= 0.3 is 0 Å². The molecule has 0 amide bonds. The summed E-state index contributed by atoms with van der Waals surface area (Å²) in [6, 6.07) is 0. The third kappa shape index (κ3) is 3.41. The lowest BCUT2D eigenvalue weighted by molar-refractivity contribution is -0.00896. The first-order chi connectivity index (χ1) is 10.6. The Hall–Kier alpha value is -0.400. The zero-order valence-corrected chi connectivity index (χ0v) is 14.2. The van der Waals surface area contributed by atoms with Crippen LogP contribution in [0, 0.1) is 29.6 Å². The number of hydrogen-bond acceptors (Lipinski definition) is 0. The number of hydrogen-bond donors (Lipinski definition) is 0. The van der Waals surface area contributed by atoms with Gasteiger partial charge in [-0.15, -0.1) is 0 Å². The average Bonchev–Trinajstić information content (AvgIpc) is 2.54. The fraction of sp³-hybridized carbons (Fsp3) is 0.900. The fourth-order valence-electron chi connectivity index (χ4n) is 5.28. The number of halogens is 2. The van der Waals surface area contributed by atoms with Gasteiger partial charge in [0.25, 0.3) is 0 Å². The maximum absolute atomic E-state index is 14.4. The standard InChI is InChI=1S/C20H32F2/c1-13-3-6-15(7-4-13)16-8-10-17(11-9-16)18-12-5-14(2)19(21)20(18)22/h3,14-20H,4-12H2,1-2H3. The average molecular weight is 310 g/mol. The predicted molar refractivity (Wildman–Crippen MR) is 88.2 cm³/mol. The summed E-state index contributed by atoms with van der Waals surface area (Å²) < 4.78 is 28.4. The van der Waals surface area contributed by atoms with Gasteiger partial charge in [-0.2, -0.15) is 0 Å². The van der Waals surface area contributed by atoms with Gasteiger partial charge in [0, 0.05) is 0 Å². The number of allylic oxidation sites excluding steroid dienone is 2. The molecule has 0 bridgehead atoms. The summed E-state index contributed by atoms with van der Waals surface area (Å²) in [7, 11) is 0. The van der Waals surface area contributed by atoms with Crippen molar-refractivity contribution < 1.29 is 8.78 Å². The van der Waals surface area contributed by atoms with Crippen LogP contribution in [0.5, 0.6) is 0 Å². The Kier molecular flexibility index (Phi) is 5.24. The SMILES string of the molecule is CC1=CCC(C2CCC(C3CCC(C)C(F)C3F)CC2)CC1. The molecule has 5 unspecified atom stereocenters. The van der Waals surface area contributed by atoms with E-state index >= 15 is 0 Å². The van der Waals surface area contributed by atoms with E-state index in [0.717, 1.165) is 37.5 Å². The molecule has 22 heavy (non-hydrogen) atoms. The van der Waals surface area contributed by atoms with Gasteiger partial charge in [-0.25, -0.2) is 8.78 Å². The molecule has 5 atom stereocenters. The minimum atomic E-state index is -1.22. The van der Waals surface area contributed by atoms with Crippen molar-refractivity contribution in [3.63, 3.8) is 0 Å². The molecule has 126 valence electrons. The molecule has 0 aromatic heterocycles. The third-order valence-corrected chi connectivity index (χ3v) is 6.98. The Morgan fingerprint density at radius 1 is 0.818 bits per heavy atom. The lowest BCUT2D eigenvalue weighted by atomic mass is 9.65. The van der Waals surface area contributed by atoms with Crippen molar-refractivity contribution in [3.8, 4) is 0 Å². The molecule has 0 spiro atoms. The van der Waals surface area contributed by atoms with Gasteiger partial charge < -0.3 is 0 Å². The first kappa shape index (κ1) is 16.5. The molecule has 0 radical (unpaired) electrons. The molecule has 2 saturated carbocycles. The van der Waals surface area contributed by atoms with Crippen LogP contribution in [0.4, 0.5) is 8.78 Å². The zero-order chi connectivity index (χ0) is 15.7. The first-order valence-corrected chi connectivity index (χ1v) is 9.50. The Bertz CT molecular complexity index is 395. The smallest absolute Gasteiger partial charge is 0.134 e. The van der Waals surface area contributed by atoms with E-state index in [1.54, 1.807) is 5.57 Å². The van der Waals surface area contributed by atoms with Crippen LogP contribution < -0.4 is 0 Å². The van der Waals surface area contributed by atoms with Crippen LogP contribution in [0.15, 0.2) is 11.6 Å². The molecular formula is C20H32F2. The molecule has 0 aromatic carbocycles. The molecular weight excluding hydrogens is 278 g/mol. The maximum Gasteiger partial charge on any atom is 0.134 e. The topological polar surface area (TPSA) is 0 Å². The van der Waals surface area contributed by atoms with Gasteiger partial charge in [0.15, 0.2) is 0 Å². The second-order valence-corrected chi connectivity index (χ2v) is 8.37. The quantitative estimate of drug-likeness (QED) is 0.528. The monoisotopic (exact) mass is 310 g/mol. The van der Waals surface area contributed by atoms with E-state index in [9.17, 15) is 8.78 Å². The van der Waals surface area contributed by atoms with Gasteiger partial charge in [0.05, 0.1) is 0 Å². The Morgan fingerprint density at radius 3 is 2.14 bits per heavy atom. The van der Waals surface area contributed by atoms with Crippen LogP contribution in [-0.4, -0.2) is 12.3 Å². The molecule has 0 heterocycles. The summed E-state index contributed by atoms with van der Waals surface area (Å²) in [4.78, 5) is 0. The van der Waals surface area contributed by atoms with Crippen LogP contribution >= 0.6 is 0 Å². The molecule has 0 saturated heterocycles. The van der Waals surface area contributed by atoms with Gasteiger partial charge in [-0.1, -0.05) is 18.6 Å². The summed E-state index contributed by atoms with van der Waals surface area (Å²) in [5, 5.41) is 0. The first-order valence-electron chi connectivity index (χ1n) is 9.50. The molecule has 0 N–H and O–H groups in total. The highest BCUT2D eigenvalue weighted by Gasteiger charge is 2.43. The van der Waals surface area contributed by atoms with Crippen molar-refractivity contribution in [1.82, 2.24) is 0 Å². The Balaban J connectivity index is 1.51. The van der Waals surface area contributed by atoms with Crippen LogP contribution in [-0.2, 0) is 0 Å². The molecule has 2 fully saturated rings. The summed E-state index contributed by atoms with van der Waals surface area (Å²) in [6.45, 7) is 4.11. The number of rotatable bonds is 2. The van der Waals surface area contributed by atoms with Crippen molar-refractivity contribution in [2.75, 3.05) is 0 Å². The van der Waals surface area contributed by atoms with Crippen LogP contribution in [0.25, 0.3) is 0 Å². The molecule has 3 aliphatic rings. The highest BCUT2D eigenvalue weighted by molar-refractivity contribution is 5.04. The van der Waals surface area contributed by atoms with Gasteiger partial charge in [-0.3, -0.25) is 0 Å². The van der Waals surface area contributed by atoms with E-state index in [0.29, 0.717) is 5.92 Å². The van der Waals surface area contributed by atoms with Crippen LogP contribution in [0.2, 0.25) is 0 Å². The minimum absolute atomic E-state index is 0.000598. The highest BCUT2D eigenvalue weighted by atomic mass is 19.2. The van der Waals surface area contributed by atoms with Gasteiger partial charge in [0.1, 0.15) is 12.3 Å². The lowest BCUT2D eigenvalue weighted by Crippen LogP contribution is -2.41. The zero-order valence-electron chi connectivity index (χ0n) is 14.2. The van der Waals surface area contributed by atoms with Crippen molar-refractivity contribution in [1.29, 1.82) is 0 Å². The predicted octanol–water partition coefficient (Wildman–Crippen LogP) is 6.26. The van der Waals surface area contributed by atoms with Crippen molar-refractivity contribution in [2.24, 2.45) is 29.6 Å². The fourth-order valence-corrected chi connectivity index (χ4v) is 5.28. The Morgan fingerprint density at radius 2 is 1.50 bits per heavy atom. The van der Waals surface area contributed by atoms with E-state index in [1.807, 2.05) is 6.92 Å². The molecule has 0 aromatic rings. The van der Waals surface area contributed by atoms with Crippen molar-refractivity contribution >= 4 is 0 Å². The van der Waals surface area contributed by atoms with Crippen molar-refractivity contribution in [3.05, 3.63) is 11.6 Å². The van der Waals surface area contributed by atoms with Crippen LogP contribution in [0.3, 0.4) is 0 Å². The second kappa shape index (κ2) is 7.01. The summed E-state index contributed by atoms with van der Waals surface area (Å²) in [5.41, 5.74) is 1.55. The summed E-state index contributed by atoms with van der Waals surface area (Å²) >= 11 is 0. The van der Waals surface area contributed by atoms with Crippen molar-refractivity contribution in [2.45, 2.75) is 84.0 Å². The molecule has 0 aliphatic heterocycles. The van der Waals surface area contributed by atoms with E-state index in [-0.39, 0.29) is 11.8 Å². The maximum atomic E-state index is 14.4. The van der Waals surface area contributed by atoms with Gasteiger partial charge in [-0.05, 0) is 94.3 Å². The largest absolute Gasteiger partial charge is 0.244 e. The molecule has 2 heteroatoms. The molecule has 3 aliphatic carbocycles. The number of alkyl halides is 2. The molecule has 0 nitrogen and oxygen atoms in total. The summed E-state index contributed by atoms with van der Waals surface area (Å²) in [6.07, 6.45) is 10.4. The van der Waals surface area contributed by atoms with E-state index in [2.05, 4.69) is 13.0 Å². The second-order valence-electron chi connectivity index (χ2n) is 8.37. The summed E-state index contributed by atoms with van der Waals surface area (Å²) in [5.74, 6) is 2.05. The highest BCUT2D eigenvalue weighted by Crippen LogP contribution is 2.46. The normalized spacial score (nSPS) is 47.1. The van der Waals surface area contributed by atoms with E-state index in [1.165, 1.54) is 32.1 Å². The van der Waals surface area contributed by atoms with Gasteiger partial charge in [0.2, 0.25) is 0 Å². The third-order valence-electron chi connectivity index (χ3n) is 6.98.